The van der Waals surface area contributed by atoms with E-state index in [-0.39, 0.29) is 0 Å². The highest BCUT2D eigenvalue weighted by Crippen LogP contribution is 2.36. The van der Waals surface area contributed by atoms with E-state index < -0.39 is 0 Å². The summed E-state index contributed by atoms with van der Waals surface area (Å²) < 4.78 is 0. The molecule has 0 unspecified atom stereocenters. The van der Waals surface area contributed by atoms with Gasteiger partial charge in [-0.25, -0.2) is 0 Å². The number of rotatable bonds is 6. The molecule has 0 aliphatic heterocycles. The highest BCUT2D eigenvalue weighted by Gasteiger charge is 2.20. The Kier molecular flexibility index (Phi) is 6.96. The van der Waals surface area contributed by atoms with Gasteiger partial charge in [-0.1, -0.05) is 62.3 Å². The van der Waals surface area contributed by atoms with E-state index in [0.29, 0.717) is 0 Å². The van der Waals surface area contributed by atoms with Gasteiger partial charge in [0.05, 0.1) is 0 Å². The number of hydrogen-bond acceptors (Lipinski definition) is 0. The average molecular weight is 337 g/mol. The minimum Gasteiger partial charge on any atom is -0.103 e. The van der Waals surface area contributed by atoms with Gasteiger partial charge in [-0.3, -0.25) is 0 Å². The van der Waals surface area contributed by atoms with E-state index in [0.717, 1.165) is 23.7 Å². The van der Waals surface area contributed by atoms with Crippen LogP contribution in [0.25, 0.3) is 6.08 Å². The lowest BCUT2D eigenvalue weighted by molar-refractivity contribution is 0.295. The van der Waals surface area contributed by atoms with Crippen LogP contribution in [0, 0.1) is 17.8 Å². The second kappa shape index (κ2) is 9.41. The van der Waals surface area contributed by atoms with Gasteiger partial charge in [-0.05, 0) is 86.2 Å². The van der Waals surface area contributed by atoms with Gasteiger partial charge in [0.1, 0.15) is 0 Å². The van der Waals surface area contributed by atoms with Gasteiger partial charge in [0.25, 0.3) is 0 Å². The molecule has 0 saturated heterocycles. The molecule has 2 aliphatic carbocycles. The van der Waals surface area contributed by atoms with Crippen LogP contribution in [-0.2, 0) is 0 Å². The fourth-order valence-corrected chi connectivity index (χ4v) is 4.89. The Morgan fingerprint density at radius 2 is 1.52 bits per heavy atom. The van der Waals surface area contributed by atoms with Gasteiger partial charge in [0, 0.05) is 0 Å². The molecule has 2 fully saturated rings. The first-order valence-electron chi connectivity index (χ1n) is 10.7. The molecule has 0 atom stereocenters. The maximum atomic E-state index is 3.96. The Morgan fingerprint density at radius 1 is 0.880 bits per heavy atom. The van der Waals surface area contributed by atoms with Gasteiger partial charge >= 0.3 is 0 Å². The molecule has 0 nitrogen and oxygen atoms in total. The van der Waals surface area contributed by atoms with Gasteiger partial charge in [0.2, 0.25) is 0 Å². The standard InChI is InChI=1S/C25H36/c1-3-5-21-6-8-22(9-7-21)10-11-23-14-18-25(19-15-23)24-16-12-20(4-2)13-17-24/h4,10-11,14-15,18-22,24H,2-3,5-9,12-13,16-17H2,1H3/b11-10+. The van der Waals surface area contributed by atoms with E-state index in [4.69, 9.17) is 0 Å². The van der Waals surface area contributed by atoms with Crippen molar-refractivity contribution >= 4 is 6.08 Å². The molecule has 3 rings (SSSR count). The summed E-state index contributed by atoms with van der Waals surface area (Å²) in [6, 6.07) is 9.40. The summed E-state index contributed by atoms with van der Waals surface area (Å²) in [4.78, 5) is 0. The van der Waals surface area contributed by atoms with Crippen LogP contribution in [0.5, 0.6) is 0 Å². The van der Waals surface area contributed by atoms with Gasteiger partial charge in [-0.2, -0.15) is 0 Å². The fourth-order valence-electron chi connectivity index (χ4n) is 4.89. The van der Waals surface area contributed by atoms with Crippen molar-refractivity contribution in [2.75, 3.05) is 0 Å². The quantitative estimate of drug-likeness (QED) is 0.465. The van der Waals surface area contributed by atoms with Crippen LogP contribution in [0.2, 0.25) is 0 Å². The molecule has 0 heteroatoms. The predicted molar refractivity (Wildman–Crippen MR) is 111 cm³/mol. The van der Waals surface area contributed by atoms with E-state index in [1.165, 1.54) is 69.8 Å². The Morgan fingerprint density at radius 3 is 2.12 bits per heavy atom. The van der Waals surface area contributed by atoms with Crippen molar-refractivity contribution < 1.29 is 0 Å². The SMILES string of the molecule is C=CC1CCC(c2ccc(/C=C/C3CCC(CCC)CC3)cc2)CC1. The molecule has 0 bridgehead atoms. The van der Waals surface area contributed by atoms with Crippen LogP contribution in [-0.4, -0.2) is 0 Å². The third kappa shape index (κ3) is 5.33. The van der Waals surface area contributed by atoms with Crippen molar-refractivity contribution in [3.63, 3.8) is 0 Å². The highest BCUT2D eigenvalue weighted by molar-refractivity contribution is 5.50. The summed E-state index contributed by atoms with van der Waals surface area (Å²) in [6.07, 6.45) is 20.7. The first kappa shape index (κ1) is 18.5. The summed E-state index contributed by atoms with van der Waals surface area (Å²) >= 11 is 0. The second-order valence-electron chi connectivity index (χ2n) is 8.44. The lowest BCUT2D eigenvalue weighted by Gasteiger charge is -2.27. The van der Waals surface area contributed by atoms with Crippen molar-refractivity contribution in [3.8, 4) is 0 Å². The van der Waals surface area contributed by atoms with Crippen LogP contribution >= 0.6 is 0 Å². The maximum Gasteiger partial charge on any atom is -0.0162 e. The minimum absolute atomic E-state index is 0.755. The van der Waals surface area contributed by atoms with Gasteiger partial charge in [-0.15, -0.1) is 6.58 Å². The Bertz CT molecular complexity index is 534. The van der Waals surface area contributed by atoms with Crippen LogP contribution < -0.4 is 0 Å². The summed E-state index contributed by atoms with van der Waals surface area (Å²) in [6.45, 7) is 6.28. The number of benzene rings is 1. The molecule has 0 radical (unpaired) electrons. The Hall–Kier alpha value is -1.30. The topological polar surface area (TPSA) is 0 Å². The van der Waals surface area contributed by atoms with E-state index >= 15 is 0 Å². The zero-order valence-corrected chi connectivity index (χ0v) is 16.1. The normalized spacial score (nSPS) is 30.4. The van der Waals surface area contributed by atoms with Crippen molar-refractivity contribution in [1.29, 1.82) is 0 Å². The molecule has 0 aromatic heterocycles. The molecule has 2 saturated carbocycles. The average Bonchev–Trinajstić information content (AvgIpc) is 2.68. The molecule has 1 aromatic rings. The van der Waals surface area contributed by atoms with Crippen molar-refractivity contribution in [2.45, 2.75) is 77.0 Å². The molecule has 0 N–H and O–H groups in total. The highest BCUT2D eigenvalue weighted by atomic mass is 14.3. The van der Waals surface area contributed by atoms with E-state index in [2.05, 4.69) is 56.0 Å². The molecule has 0 amide bonds. The molecular weight excluding hydrogens is 300 g/mol. The first-order valence-corrected chi connectivity index (χ1v) is 10.7. The lowest BCUT2D eigenvalue weighted by atomic mass is 9.78. The van der Waals surface area contributed by atoms with E-state index in [1.807, 2.05) is 0 Å². The van der Waals surface area contributed by atoms with Crippen LogP contribution in [0.15, 0.2) is 43.0 Å². The van der Waals surface area contributed by atoms with Crippen LogP contribution in [0.3, 0.4) is 0 Å². The molecule has 0 spiro atoms. The lowest BCUT2D eigenvalue weighted by Crippen LogP contribution is -2.12. The zero-order valence-electron chi connectivity index (χ0n) is 16.1. The van der Waals surface area contributed by atoms with E-state index in [9.17, 15) is 0 Å². The van der Waals surface area contributed by atoms with Crippen molar-refractivity contribution in [2.24, 2.45) is 17.8 Å². The van der Waals surface area contributed by atoms with E-state index in [1.54, 1.807) is 5.56 Å². The summed E-state index contributed by atoms with van der Waals surface area (Å²) in [5.41, 5.74) is 2.92. The molecule has 25 heavy (non-hydrogen) atoms. The monoisotopic (exact) mass is 336 g/mol. The molecular formula is C25H36. The Balaban J connectivity index is 1.49. The number of hydrogen-bond donors (Lipinski definition) is 0. The molecule has 0 heterocycles. The van der Waals surface area contributed by atoms with Crippen LogP contribution in [0.1, 0.15) is 88.2 Å². The molecule has 2 aliphatic rings. The van der Waals surface area contributed by atoms with Gasteiger partial charge < -0.3 is 0 Å². The first-order chi connectivity index (χ1) is 12.3. The second-order valence-corrected chi connectivity index (χ2v) is 8.44. The largest absolute Gasteiger partial charge is 0.103 e. The Labute approximate surface area is 155 Å². The predicted octanol–water partition coefficient (Wildman–Crippen LogP) is 7.77. The van der Waals surface area contributed by atoms with Crippen LogP contribution in [0.4, 0.5) is 0 Å². The third-order valence-corrected chi connectivity index (χ3v) is 6.66. The molecule has 1 aromatic carbocycles. The fraction of sp³-hybridized carbons (Fsp3) is 0.600. The zero-order chi connectivity index (χ0) is 17.5. The van der Waals surface area contributed by atoms with Gasteiger partial charge in [0.15, 0.2) is 0 Å². The van der Waals surface area contributed by atoms with Crippen molar-refractivity contribution in [3.05, 3.63) is 54.1 Å². The minimum atomic E-state index is 0.755. The number of allylic oxidation sites excluding steroid dienone is 2. The summed E-state index contributed by atoms with van der Waals surface area (Å²) in [7, 11) is 0. The maximum absolute atomic E-state index is 3.96. The summed E-state index contributed by atoms with van der Waals surface area (Å²) in [5, 5.41) is 0. The molecule has 136 valence electrons. The van der Waals surface area contributed by atoms with Crippen molar-refractivity contribution in [1.82, 2.24) is 0 Å². The third-order valence-electron chi connectivity index (χ3n) is 6.66. The smallest absolute Gasteiger partial charge is 0.0162 e. The summed E-state index contributed by atoms with van der Waals surface area (Å²) in [5.74, 6) is 3.33.